The van der Waals surface area contributed by atoms with E-state index in [4.69, 9.17) is 11.6 Å². The zero-order valence-electron chi connectivity index (χ0n) is 8.90. The summed E-state index contributed by atoms with van der Waals surface area (Å²) in [5.74, 6) is 0.384. The molecule has 1 aromatic rings. The molecule has 1 aliphatic rings. The molecular weight excluding hydrogens is 292 g/mol. The first-order valence-electron chi connectivity index (χ1n) is 5.51. The second-order valence-electron chi connectivity index (χ2n) is 4.27. The Morgan fingerprint density at radius 3 is 2.69 bits per heavy atom. The Labute approximate surface area is 109 Å². The van der Waals surface area contributed by atoms with Crippen molar-refractivity contribution in [2.45, 2.75) is 19.3 Å². The summed E-state index contributed by atoms with van der Waals surface area (Å²) >= 11 is 9.06. The van der Waals surface area contributed by atoms with Crippen LogP contribution in [0.25, 0.3) is 0 Å². The normalized spacial score (nSPS) is 17.7. The van der Waals surface area contributed by atoms with Gasteiger partial charge < -0.3 is 5.32 Å². The van der Waals surface area contributed by atoms with Gasteiger partial charge in [0.05, 0.1) is 9.50 Å². The van der Waals surface area contributed by atoms with Gasteiger partial charge in [-0.25, -0.2) is 4.39 Å². The summed E-state index contributed by atoms with van der Waals surface area (Å²) in [6.45, 7) is 2.13. The number of benzene rings is 1. The zero-order chi connectivity index (χ0) is 11.5. The first kappa shape index (κ1) is 12.3. The van der Waals surface area contributed by atoms with E-state index in [1.54, 1.807) is 6.07 Å². The summed E-state index contributed by atoms with van der Waals surface area (Å²) in [5.41, 5.74) is 0.998. The molecule has 0 aromatic heterocycles. The first-order valence-corrected chi connectivity index (χ1v) is 6.68. The van der Waals surface area contributed by atoms with Gasteiger partial charge in [0, 0.05) is 0 Å². The van der Waals surface area contributed by atoms with E-state index in [9.17, 15) is 4.39 Å². The molecule has 88 valence electrons. The molecule has 1 aliphatic heterocycles. The van der Waals surface area contributed by atoms with Crippen LogP contribution in [0, 0.1) is 11.7 Å². The van der Waals surface area contributed by atoms with Crippen LogP contribution in [0.2, 0.25) is 5.02 Å². The van der Waals surface area contributed by atoms with Crippen LogP contribution in [0.5, 0.6) is 0 Å². The fraction of sp³-hybridized carbons (Fsp3) is 0.500. The minimum absolute atomic E-state index is 0.267. The van der Waals surface area contributed by atoms with Crippen molar-refractivity contribution in [2.75, 3.05) is 13.1 Å². The molecule has 0 aliphatic carbocycles. The van der Waals surface area contributed by atoms with Gasteiger partial charge in [-0.05, 0) is 71.9 Å². The van der Waals surface area contributed by atoms with Gasteiger partial charge in [0.2, 0.25) is 0 Å². The molecule has 1 aromatic carbocycles. The van der Waals surface area contributed by atoms with Gasteiger partial charge >= 0.3 is 0 Å². The monoisotopic (exact) mass is 305 g/mol. The van der Waals surface area contributed by atoms with Gasteiger partial charge in [0.25, 0.3) is 0 Å². The average Bonchev–Trinajstić information content (AvgIpc) is 2.27. The first-order chi connectivity index (χ1) is 7.66. The molecule has 0 unspecified atom stereocenters. The highest BCUT2D eigenvalue weighted by atomic mass is 79.9. The van der Waals surface area contributed by atoms with Crippen LogP contribution < -0.4 is 5.32 Å². The van der Waals surface area contributed by atoms with Crippen molar-refractivity contribution < 1.29 is 4.39 Å². The van der Waals surface area contributed by atoms with Crippen LogP contribution in [0.1, 0.15) is 18.4 Å². The average molecular weight is 307 g/mol. The second-order valence-corrected chi connectivity index (χ2v) is 5.47. The van der Waals surface area contributed by atoms with Crippen molar-refractivity contribution in [2.24, 2.45) is 5.92 Å². The topological polar surface area (TPSA) is 12.0 Å². The second kappa shape index (κ2) is 5.48. The van der Waals surface area contributed by atoms with E-state index in [-0.39, 0.29) is 5.82 Å². The highest BCUT2D eigenvalue weighted by Gasteiger charge is 2.15. The minimum atomic E-state index is -0.267. The zero-order valence-corrected chi connectivity index (χ0v) is 11.2. The van der Waals surface area contributed by atoms with Crippen molar-refractivity contribution in [3.63, 3.8) is 0 Å². The van der Waals surface area contributed by atoms with Crippen molar-refractivity contribution in [3.05, 3.63) is 33.0 Å². The Bertz CT molecular complexity index is 354. The number of hydrogen-bond donors (Lipinski definition) is 1. The lowest BCUT2D eigenvalue weighted by atomic mass is 9.91. The van der Waals surface area contributed by atoms with Crippen LogP contribution in [-0.2, 0) is 6.42 Å². The molecule has 0 atom stereocenters. The molecule has 1 nitrogen and oxygen atoms in total. The van der Waals surface area contributed by atoms with Gasteiger partial charge in [-0.3, -0.25) is 0 Å². The van der Waals surface area contributed by atoms with Crippen LogP contribution in [-0.4, -0.2) is 13.1 Å². The molecule has 0 spiro atoms. The van der Waals surface area contributed by atoms with Crippen LogP contribution in [0.15, 0.2) is 16.6 Å². The maximum atomic E-state index is 13.5. The molecule has 0 radical (unpaired) electrons. The molecule has 1 fully saturated rings. The lowest BCUT2D eigenvalue weighted by Gasteiger charge is -2.22. The highest BCUT2D eigenvalue weighted by molar-refractivity contribution is 9.10. The third-order valence-corrected chi connectivity index (χ3v) is 4.36. The van der Waals surface area contributed by atoms with Crippen molar-refractivity contribution in [3.8, 4) is 0 Å². The Balaban J connectivity index is 2.09. The van der Waals surface area contributed by atoms with Gasteiger partial charge in [-0.1, -0.05) is 11.6 Å². The van der Waals surface area contributed by atoms with E-state index in [1.165, 1.54) is 0 Å². The van der Waals surface area contributed by atoms with Crippen molar-refractivity contribution in [1.82, 2.24) is 5.32 Å². The fourth-order valence-electron chi connectivity index (χ4n) is 2.15. The summed E-state index contributed by atoms with van der Waals surface area (Å²) in [6, 6.07) is 3.44. The summed E-state index contributed by atoms with van der Waals surface area (Å²) in [4.78, 5) is 0. The fourth-order valence-corrected chi connectivity index (χ4v) is 2.60. The number of halogens is 3. The van der Waals surface area contributed by atoms with E-state index in [0.29, 0.717) is 15.4 Å². The van der Waals surface area contributed by atoms with Gasteiger partial charge in [-0.2, -0.15) is 0 Å². The molecule has 2 rings (SSSR count). The van der Waals surface area contributed by atoms with Gasteiger partial charge in [0.15, 0.2) is 0 Å². The molecule has 0 saturated carbocycles. The van der Waals surface area contributed by atoms with E-state index in [1.807, 2.05) is 6.07 Å². The van der Waals surface area contributed by atoms with Crippen LogP contribution in [0.3, 0.4) is 0 Å². The Morgan fingerprint density at radius 2 is 2.06 bits per heavy atom. The quantitative estimate of drug-likeness (QED) is 0.820. The van der Waals surface area contributed by atoms with Crippen molar-refractivity contribution in [1.29, 1.82) is 0 Å². The number of nitrogens with one attached hydrogen (secondary N) is 1. The highest BCUT2D eigenvalue weighted by Crippen LogP contribution is 2.28. The molecule has 0 amide bonds. The van der Waals surface area contributed by atoms with Crippen LogP contribution in [0.4, 0.5) is 4.39 Å². The summed E-state index contributed by atoms with van der Waals surface area (Å²) in [5, 5.41) is 3.79. The molecule has 16 heavy (non-hydrogen) atoms. The molecule has 0 bridgehead atoms. The number of rotatable bonds is 2. The molecule has 4 heteroatoms. The summed E-state index contributed by atoms with van der Waals surface area (Å²) < 4.78 is 13.8. The third-order valence-electron chi connectivity index (χ3n) is 3.03. The Morgan fingerprint density at radius 1 is 1.38 bits per heavy atom. The van der Waals surface area contributed by atoms with Crippen molar-refractivity contribution >= 4 is 27.5 Å². The molecular formula is C12H14BrClFN. The Kier molecular flexibility index (Phi) is 4.22. The minimum Gasteiger partial charge on any atom is -0.317 e. The Hall–Kier alpha value is -0.120. The van der Waals surface area contributed by atoms with E-state index < -0.39 is 0 Å². The van der Waals surface area contributed by atoms with E-state index >= 15 is 0 Å². The predicted octanol–water partition coefficient (Wildman–Crippen LogP) is 3.78. The van der Waals surface area contributed by atoms with E-state index in [2.05, 4.69) is 21.2 Å². The SMILES string of the molecule is Fc1cc(CC2CCNCC2)cc(Cl)c1Br. The smallest absolute Gasteiger partial charge is 0.139 e. The molecule has 1 heterocycles. The molecule has 1 N–H and O–H groups in total. The largest absolute Gasteiger partial charge is 0.317 e. The summed E-state index contributed by atoms with van der Waals surface area (Å²) in [6.07, 6.45) is 3.25. The third kappa shape index (κ3) is 2.96. The maximum absolute atomic E-state index is 13.5. The maximum Gasteiger partial charge on any atom is 0.139 e. The predicted molar refractivity (Wildman–Crippen MR) is 68.4 cm³/mol. The number of piperidine rings is 1. The van der Waals surface area contributed by atoms with Crippen LogP contribution >= 0.6 is 27.5 Å². The lowest BCUT2D eigenvalue weighted by molar-refractivity contribution is 0.372. The molecule has 1 saturated heterocycles. The van der Waals surface area contributed by atoms with Gasteiger partial charge in [-0.15, -0.1) is 0 Å². The summed E-state index contributed by atoms with van der Waals surface area (Å²) in [7, 11) is 0. The van der Waals surface area contributed by atoms with E-state index in [0.717, 1.165) is 37.9 Å². The van der Waals surface area contributed by atoms with Gasteiger partial charge in [0.1, 0.15) is 5.82 Å². The number of hydrogen-bond acceptors (Lipinski definition) is 1. The standard InChI is InChI=1S/C12H14BrClFN/c13-12-10(14)6-9(7-11(12)15)5-8-1-3-16-4-2-8/h6-8,16H,1-5H2. The lowest BCUT2D eigenvalue weighted by Crippen LogP contribution is -2.28.